The second-order valence-corrected chi connectivity index (χ2v) is 6.54. The lowest BCUT2D eigenvalue weighted by Crippen LogP contribution is -2.33. The molecule has 0 aromatic heterocycles. The fourth-order valence-electron chi connectivity index (χ4n) is 2.78. The van der Waals surface area contributed by atoms with Gasteiger partial charge < -0.3 is 8.92 Å². The average Bonchev–Trinajstić information content (AvgIpc) is 2.71. The SMILES string of the molecule is COC(=O)C12CC=C(OS(=O)(=O)C(F)(F)F)C(CC1)C2. The van der Waals surface area contributed by atoms with Crippen LogP contribution in [0.5, 0.6) is 0 Å². The molecule has 5 nitrogen and oxygen atoms in total. The highest BCUT2D eigenvalue weighted by atomic mass is 32.2. The van der Waals surface area contributed by atoms with Crippen LogP contribution in [0.3, 0.4) is 0 Å². The first-order valence-corrected chi connectivity index (χ1v) is 7.31. The van der Waals surface area contributed by atoms with Crippen molar-refractivity contribution >= 4 is 16.1 Å². The smallest absolute Gasteiger partial charge is 0.469 e. The minimum atomic E-state index is -5.65. The first kappa shape index (κ1) is 15.1. The van der Waals surface area contributed by atoms with Gasteiger partial charge in [0, 0.05) is 5.92 Å². The van der Waals surface area contributed by atoms with Gasteiger partial charge in [-0.1, -0.05) is 0 Å². The molecule has 9 heteroatoms. The lowest BCUT2D eigenvalue weighted by molar-refractivity contribution is -0.152. The molecule has 1 saturated carbocycles. The molecule has 0 N–H and O–H groups in total. The van der Waals surface area contributed by atoms with Crippen LogP contribution in [-0.4, -0.2) is 27.0 Å². The quantitative estimate of drug-likeness (QED) is 0.453. The van der Waals surface area contributed by atoms with E-state index in [2.05, 4.69) is 4.18 Å². The van der Waals surface area contributed by atoms with Crippen LogP contribution in [0.15, 0.2) is 11.8 Å². The van der Waals surface area contributed by atoms with E-state index in [1.54, 1.807) is 0 Å². The molecule has 20 heavy (non-hydrogen) atoms. The van der Waals surface area contributed by atoms with Gasteiger partial charge in [-0.25, -0.2) is 0 Å². The number of methoxy groups -OCH3 is 1. The van der Waals surface area contributed by atoms with Crippen molar-refractivity contribution in [3.63, 3.8) is 0 Å². The number of carbonyl (C=O) groups excluding carboxylic acids is 1. The summed E-state index contributed by atoms with van der Waals surface area (Å²) >= 11 is 0. The van der Waals surface area contributed by atoms with Crippen molar-refractivity contribution in [2.75, 3.05) is 7.11 Å². The largest absolute Gasteiger partial charge is 0.534 e. The minimum Gasteiger partial charge on any atom is -0.469 e. The van der Waals surface area contributed by atoms with E-state index in [9.17, 15) is 26.4 Å². The molecule has 2 atom stereocenters. The molecule has 0 aromatic rings. The van der Waals surface area contributed by atoms with Gasteiger partial charge in [-0.15, -0.1) is 0 Å². The summed E-state index contributed by atoms with van der Waals surface area (Å²) in [4.78, 5) is 11.7. The van der Waals surface area contributed by atoms with Crippen molar-refractivity contribution < 1.29 is 35.3 Å². The van der Waals surface area contributed by atoms with Gasteiger partial charge in [0.1, 0.15) is 5.76 Å². The zero-order valence-corrected chi connectivity index (χ0v) is 11.4. The molecule has 0 heterocycles. The van der Waals surface area contributed by atoms with E-state index in [0.717, 1.165) is 0 Å². The highest BCUT2D eigenvalue weighted by Gasteiger charge is 2.53. The van der Waals surface area contributed by atoms with Crippen molar-refractivity contribution in [1.29, 1.82) is 0 Å². The molecule has 0 aliphatic heterocycles. The first-order chi connectivity index (χ1) is 9.11. The van der Waals surface area contributed by atoms with Gasteiger partial charge in [-0.05, 0) is 31.8 Å². The normalized spacial score (nSPS) is 29.8. The van der Waals surface area contributed by atoms with Gasteiger partial charge in [0.2, 0.25) is 0 Å². The maximum Gasteiger partial charge on any atom is 0.534 e. The zero-order valence-electron chi connectivity index (χ0n) is 10.6. The van der Waals surface area contributed by atoms with E-state index >= 15 is 0 Å². The standard InChI is InChI=1S/C11H13F3O5S/c1-18-9(15)10-4-2-7(6-10)8(3-5-10)19-20(16,17)11(12,13)14/h3,7H,2,4-6H2,1H3. The fraction of sp³-hybridized carbons (Fsp3) is 0.727. The van der Waals surface area contributed by atoms with E-state index in [1.165, 1.54) is 13.2 Å². The lowest BCUT2D eigenvalue weighted by atomic mass is 9.78. The molecular weight excluding hydrogens is 301 g/mol. The van der Waals surface area contributed by atoms with E-state index in [0.29, 0.717) is 12.8 Å². The topological polar surface area (TPSA) is 69.7 Å². The molecule has 2 aliphatic carbocycles. The van der Waals surface area contributed by atoms with Crippen LogP contribution in [0.2, 0.25) is 0 Å². The van der Waals surface area contributed by atoms with Crippen LogP contribution in [-0.2, 0) is 23.8 Å². The minimum absolute atomic E-state index is 0.124. The van der Waals surface area contributed by atoms with Crippen molar-refractivity contribution in [2.24, 2.45) is 11.3 Å². The zero-order chi connectivity index (χ0) is 15.2. The van der Waals surface area contributed by atoms with Gasteiger partial charge in [0.25, 0.3) is 0 Å². The third-order valence-electron chi connectivity index (χ3n) is 3.81. The molecule has 1 fully saturated rings. The lowest BCUT2D eigenvalue weighted by Gasteiger charge is -2.29. The van der Waals surface area contributed by atoms with Gasteiger partial charge in [-0.2, -0.15) is 21.6 Å². The van der Waals surface area contributed by atoms with Crippen molar-refractivity contribution in [3.8, 4) is 0 Å². The number of ether oxygens (including phenoxy) is 1. The number of esters is 1. The maximum atomic E-state index is 12.3. The fourth-order valence-corrected chi connectivity index (χ4v) is 3.33. The van der Waals surface area contributed by atoms with Crippen LogP contribution in [0.1, 0.15) is 25.7 Å². The Morgan fingerprint density at radius 1 is 1.45 bits per heavy atom. The van der Waals surface area contributed by atoms with Gasteiger partial charge in [-0.3, -0.25) is 4.79 Å². The second-order valence-electron chi connectivity index (χ2n) is 5.01. The Labute approximate surface area is 113 Å². The number of rotatable bonds is 3. The molecule has 0 amide bonds. The summed E-state index contributed by atoms with van der Waals surface area (Å²) in [6.07, 6.45) is 2.47. The Hall–Kier alpha value is -1.25. The van der Waals surface area contributed by atoms with Crippen molar-refractivity contribution in [2.45, 2.75) is 31.2 Å². The van der Waals surface area contributed by atoms with Crippen molar-refractivity contribution in [1.82, 2.24) is 0 Å². The molecule has 2 bridgehead atoms. The molecule has 114 valence electrons. The maximum absolute atomic E-state index is 12.3. The van der Waals surface area contributed by atoms with Gasteiger partial charge >= 0.3 is 21.6 Å². The predicted molar refractivity (Wildman–Crippen MR) is 60.5 cm³/mol. The highest BCUT2D eigenvalue weighted by Crippen LogP contribution is 2.52. The Kier molecular flexibility index (Phi) is 3.52. The second kappa shape index (κ2) is 4.64. The Bertz CT molecular complexity index is 551. The number of fused-ring (bicyclic) bond motifs is 2. The monoisotopic (exact) mass is 314 g/mol. The van der Waals surface area contributed by atoms with E-state index in [1.807, 2.05) is 0 Å². The van der Waals surface area contributed by atoms with Gasteiger partial charge in [0.15, 0.2) is 0 Å². The van der Waals surface area contributed by atoms with Crippen LogP contribution in [0, 0.1) is 11.3 Å². The number of hydrogen-bond donors (Lipinski definition) is 0. The molecular formula is C11H13F3O5S. The summed E-state index contributed by atoms with van der Waals surface area (Å²) in [5, 5.41) is 0. The summed E-state index contributed by atoms with van der Waals surface area (Å²) in [6, 6.07) is 0. The molecule has 0 spiro atoms. The van der Waals surface area contributed by atoms with Crippen LogP contribution in [0.4, 0.5) is 13.2 Å². The third-order valence-corrected chi connectivity index (χ3v) is 4.79. The molecule has 2 aliphatic rings. The first-order valence-electron chi connectivity index (χ1n) is 5.90. The molecule has 0 saturated heterocycles. The highest BCUT2D eigenvalue weighted by molar-refractivity contribution is 7.87. The third kappa shape index (κ3) is 2.38. The molecule has 2 unspecified atom stereocenters. The Morgan fingerprint density at radius 3 is 2.65 bits per heavy atom. The average molecular weight is 314 g/mol. The van der Waals surface area contributed by atoms with Crippen LogP contribution in [0.25, 0.3) is 0 Å². The number of halogens is 3. The Morgan fingerprint density at radius 2 is 2.10 bits per heavy atom. The van der Waals surface area contributed by atoms with E-state index in [4.69, 9.17) is 4.74 Å². The van der Waals surface area contributed by atoms with Crippen molar-refractivity contribution in [3.05, 3.63) is 11.8 Å². The number of alkyl halides is 3. The predicted octanol–water partition coefficient (Wildman–Crippen LogP) is 2.10. The Balaban J connectivity index is 2.19. The number of hydrogen-bond acceptors (Lipinski definition) is 5. The number of carbonyl (C=O) groups is 1. The summed E-state index contributed by atoms with van der Waals surface area (Å²) in [7, 11) is -4.41. The van der Waals surface area contributed by atoms with E-state index < -0.39 is 32.9 Å². The summed E-state index contributed by atoms with van der Waals surface area (Å²) in [5.74, 6) is -1.15. The van der Waals surface area contributed by atoms with Crippen LogP contribution < -0.4 is 0 Å². The molecule has 2 rings (SSSR count). The summed E-state index contributed by atoms with van der Waals surface area (Å²) in [6.45, 7) is 0. The summed E-state index contributed by atoms with van der Waals surface area (Å²) in [5.41, 5.74) is -6.21. The summed E-state index contributed by atoms with van der Waals surface area (Å²) < 4.78 is 67.7. The molecule has 0 radical (unpaired) electrons. The van der Waals surface area contributed by atoms with Gasteiger partial charge in [0.05, 0.1) is 12.5 Å². The molecule has 0 aromatic carbocycles. The number of allylic oxidation sites excluding steroid dienone is 2. The van der Waals surface area contributed by atoms with Crippen LogP contribution >= 0.6 is 0 Å². The van der Waals surface area contributed by atoms with E-state index in [-0.39, 0.29) is 18.6 Å².